The SMILES string of the molecule is COC1CCC(C2=N[C@@H](C3CCC(Cl)CC3)[C@@H](C3CCCC(Cl)C3)N2C(=O)N2CCNC(=O)C2)C(OC(C)C)C1. The first kappa shape index (κ1) is 30.4. The number of halogens is 2. The summed E-state index contributed by atoms with van der Waals surface area (Å²) in [5.41, 5.74) is 0. The van der Waals surface area contributed by atoms with Crippen molar-refractivity contribution in [1.29, 1.82) is 0 Å². The van der Waals surface area contributed by atoms with E-state index in [-0.39, 0.29) is 71.5 Å². The van der Waals surface area contributed by atoms with Crippen LogP contribution in [0.25, 0.3) is 0 Å². The van der Waals surface area contributed by atoms with Gasteiger partial charge < -0.3 is 19.7 Å². The van der Waals surface area contributed by atoms with E-state index in [4.69, 9.17) is 37.7 Å². The van der Waals surface area contributed by atoms with Crippen molar-refractivity contribution >= 4 is 41.0 Å². The number of hydrogen-bond acceptors (Lipinski definition) is 5. The van der Waals surface area contributed by atoms with Crippen LogP contribution in [0.2, 0.25) is 0 Å². The van der Waals surface area contributed by atoms with E-state index in [1.54, 1.807) is 12.0 Å². The van der Waals surface area contributed by atoms with Gasteiger partial charge in [-0.3, -0.25) is 14.7 Å². The number of ether oxygens (including phenoxy) is 2. The number of carbonyl (C=O) groups is 2. The molecule has 40 heavy (non-hydrogen) atoms. The third-order valence-corrected chi connectivity index (χ3v) is 10.7. The maximum Gasteiger partial charge on any atom is 0.326 e. The lowest BCUT2D eigenvalue weighted by Crippen LogP contribution is -2.60. The fourth-order valence-corrected chi connectivity index (χ4v) is 8.56. The molecule has 5 unspecified atom stereocenters. The number of hydrogen-bond donors (Lipinski definition) is 1. The summed E-state index contributed by atoms with van der Waals surface area (Å²) < 4.78 is 12.3. The van der Waals surface area contributed by atoms with E-state index in [2.05, 4.69) is 19.2 Å². The molecule has 10 heteroatoms. The average Bonchev–Trinajstić information content (AvgIpc) is 3.33. The second kappa shape index (κ2) is 13.5. The molecular formula is C30H48Cl2N4O4. The zero-order chi connectivity index (χ0) is 28.4. The predicted molar refractivity (Wildman–Crippen MR) is 158 cm³/mol. The van der Waals surface area contributed by atoms with Gasteiger partial charge in [-0.2, -0.15) is 0 Å². The molecule has 2 heterocycles. The Bertz CT molecular complexity index is 927. The normalized spacial score (nSPS) is 39.3. The Morgan fingerprint density at radius 2 is 1.77 bits per heavy atom. The van der Waals surface area contributed by atoms with Crippen LogP contribution in [0, 0.1) is 17.8 Å². The Labute approximate surface area is 249 Å². The van der Waals surface area contributed by atoms with Crippen molar-refractivity contribution in [3.63, 3.8) is 0 Å². The number of urea groups is 1. The molecule has 0 spiro atoms. The zero-order valence-electron chi connectivity index (χ0n) is 24.4. The number of amides is 3. The van der Waals surface area contributed by atoms with E-state index in [0.717, 1.165) is 76.5 Å². The van der Waals surface area contributed by atoms with E-state index in [1.165, 1.54) is 0 Å². The van der Waals surface area contributed by atoms with Crippen molar-refractivity contribution in [1.82, 2.24) is 15.1 Å². The van der Waals surface area contributed by atoms with Crippen LogP contribution in [0.3, 0.4) is 0 Å². The van der Waals surface area contributed by atoms with Gasteiger partial charge in [0.1, 0.15) is 12.4 Å². The molecule has 0 aromatic heterocycles. The van der Waals surface area contributed by atoms with E-state index < -0.39 is 0 Å². The topological polar surface area (TPSA) is 83.5 Å². The van der Waals surface area contributed by atoms with E-state index in [0.29, 0.717) is 19.0 Å². The molecule has 1 N–H and O–H groups in total. The quantitative estimate of drug-likeness (QED) is 0.426. The molecule has 0 aromatic carbocycles. The number of piperazine rings is 1. The van der Waals surface area contributed by atoms with Gasteiger partial charge in [0.2, 0.25) is 5.91 Å². The number of methoxy groups -OCH3 is 1. The summed E-state index contributed by atoms with van der Waals surface area (Å²) >= 11 is 13.3. The molecule has 3 aliphatic carbocycles. The molecule has 0 aromatic rings. The molecule has 7 atom stereocenters. The Morgan fingerprint density at radius 3 is 2.45 bits per heavy atom. The van der Waals surface area contributed by atoms with Gasteiger partial charge in [0.05, 0.1) is 30.4 Å². The molecule has 0 radical (unpaired) electrons. The Hall–Kier alpha value is -1.09. The lowest BCUT2D eigenvalue weighted by molar-refractivity contribution is -0.123. The molecule has 226 valence electrons. The summed E-state index contributed by atoms with van der Waals surface area (Å²) in [4.78, 5) is 36.2. The first-order valence-corrected chi connectivity index (χ1v) is 16.5. The third-order valence-electron chi connectivity index (χ3n) is 9.86. The maximum atomic E-state index is 14.5. The van der Waals surface area contributed by atoms with Crippen molar-refractivity contribution in [2.45, 2.75) is 126 Å². The van der Waals surface area contributed by atoms with Crippen LogP contribution < -0.4 is 5.32 Å². The summed E-state index contributed by atoms with van der Waals surface area (Å²) in [5.74, 6) is 1.43. The van der Waals surface area contributed by atoms with Crippen LogP contribution in [0.1, 0.15) is 84.5 Å². The molecule has 5 aliphatic rings. The van der Waals surface area contributed by atoms with Crippen molar-refractivity contribution < 1.29 is 19.1 Å². The molecule has 3 amide bonds. The molecule has 0 bridgehead atoms. The van der Waals surface area contributed by atoms with Gasteiger partial charge in [-0.15, -0.1) is 23.2 Å². The van der Waals surface area contributed by atoms with Gasteiger partial charge in [-0.05, 0) is 83.5 Å². The van der Waals surface area contributed by atoms with Crippen LogP contribution in [0.4, 0.5) is 4.79 Å². The summed E-state index contributed by atoms with van der Waals surface area (Å²) in [5, 5.41) is 3.21. The molecular weight excluding hydrogens is 551 g/mol. The standard InChI is InChI=1S/C30H48Cl2N4O4/c1-18(2)40-25-16-23(39-3)11-12-24(25)29-34-27(19-7-9-21(31)10-8-19)28(20-5-4-6-22(32)15-20)36(29)30(38)35-14-13-33-26(37)17-35/h18-25,27-28H,4-17H2,1-3H3,(H,33,37)/t19?,20?,21?,22?,23?,24?,25?,27-,28+/m0/s1. The summed E-state index contributed by atoms with van der Waals surface area (Å²) in [6, 6.07) is -0.111. The highest BCUT2D eigenvalue weighted by Gasteiger charge is 2.52. The van der Waals surface area contributed by atoms with Crippen LogP contribution in [-0.2, 0) is 14.3 Å². The Kier molecular flexibility index (Phi) is 10.2. The van der Waals surface area contributed by atoms with Crippen molar-refractivity contribution in [2.24, 2.45) is 22.7 Å². The number of aliphatic imine (C=N–C) groups is 1. The van der Waals surface area contributed by atoms with Crippen LogP contribution >= 0.6 is 23.2 Å². The highest BCUT2D eigenvalue weighted by molar-refractivity contribution is 6.20. The van der Waals surface area contributed by atoms with Crippen molar-refractivity contribution in [3.8, 4) is 0 Å². The summed E-state index contributed by atoms with van der Waals surface area (Å²) in [6.45, 7) is 5.21. The minimum atomic E-state index is -0.106. The van der Waals surface area contributed by atoms with E-state index >= 15 is 0 Å². The van der Waals surface area contributed by atoms with Gasteiger partial charge in [0.15, 0.2) is 0 Å². The lowest BCUT2D eigenvalue weighted by Gasteiger charge is -2.44. The second-order valence-electron chi connectivity index (χ2n) is 12.9. The minimum absolute atomic E-state index is 0.00335. The molecule has 2 aliphatic heterocycles. The highest BCUT2D eigenvalue weighted by Crippen LogP contribution is 2.45. The van der Waals surface area contributed by atoms with Gasteiger partial charge in [-0.1, -0.05) is 6.42 Å². The fraction of sp³-hybridized carbons (Fsp3) is 0.900. The number of alkyl halides is 2. The molecule has 8 nitrogen and oxygen atoms in total. The molecule has 1 saturated heterocycles. The number of carbonyl (C=O) groups excluding carboxylic acids is 2. The first-order valence-electron chi connectivity index (χ1n) is 15.6. The molecule has 5 rings (SSSR count). The predicted octanol–water partition coefficient (Wildman–Crippen LogP) is 5.19. The van der Waals surface area contributed by atoms with E-state index in [9.17, 15) is 9.59 Å². The largest absolute Gasteiger partial charge is 0.381 e. The fourth-order valence-electron chi connectivity index (χ4n) is 7.92. The Morgan fingerprint density at radius 1 is 1.00 bits per heavy atom. The Balaban J connectivity index is 1.54. The van der Waals surface area contributed by atoms with Crippen molar-refractivity contribution in [2.75, 3.05) is 26.7 Å². The van der Waals surface area contributed by atoms with Crippen LogP contribution in [0.5, 0.6) is 0 Å². The first-order chi connectivity index (χ1) is 19.2. The maximum absolute atomic E-state index is 14.5. The third kappa shape index (κ3) is 6.76. The van der Waals surface area contributed by atoms with Gasteiger partial charge in [-0.25, -0.2) is 4.79 Å². The lowest BCUT2D eigenvalue weighted by atomic mass is 9.74. The van der Waals surface area contributed by atoms with Gasteiger partial charge in [0, 0.05) is 43.3 Å². The summed E-state index contributed by atoms with van der Waals surface area (Å²) in [7, 11) is 1.77. The monoisotopic (exact) mass is 598 g/mol. The molecule has 4 fully saturated rings. The number of amidine groups is 1. The number of rotatable bonds is 6. The van der Waals surface area contributed by atoms with Gasteiger partial charge >= 0.3 is 6.03 Å². The second-order valence-corrected chi connectivity index (χ2v) is 14.2. The highest BCUT2D eigenvalue weighted by atomic mass is 35.5. The van der Waals surface area contributed by atoms with E-state index in [1.807, 2.05) is 4.90 Å². The van der Waals surface area contributed by atoms with Crippen LogP contribution in [-0.4, -0.2) is 95.5 Å². The number of nitrogens with one attached hydrogen (secondary N) is 1. The summed E-state index contributed by atoms with van der Waals surface area (Å²) in [6.07, 6.45) is 10.7. The minimum Gasteiger partial charge on any atom is -0.381 e. The average molecular weight is 600 g/mol. The van der Waals surface area contributed by atoms with Crippen LogP contribution in [0.15, 0.2) is 4.99 Å². The smallest absolute Gasteiger partial charge is 0.326 e. The number of nitrogens with zero attached hydrogens (tertiary/aromatic N) is 3. The van der Waals surface area contributed by atoms with Gasteiger partial charge in [0.25, 0.3) is 0 Å². The zero-order valence-corrected chi connectivity index (χ0v) is 25.9. The molecule has 3 saturated carbocycles. The van der Waals surface area contributed by atoms with Crippen molar-refractivity contribution in [3.05, 3.63) is 0 Å².